The van der Waals surface area contributed by atoms with Gasteiger partial charge in [-0.3, -0.25) is 9.59 Å². The summed E-state index contributed by atoms with van der Waals surface area (Å²) in [6.45, 7) is 13.8. The van der Waals surface area contributed by atoms with Gasteiger partial charge >= 0.3 is 11.9 Å². The summed E-state index contributed by atoms with van der Waals surface area (Å²) in [6, 6.07) is 3.72. The molecule has 0 aliphatic heterocycles. The zero-order chi connectivity index (χ0) is 21.5. The molecule has 0 amide bonds. The van der Waals surface area contributed by atoms with E-state index in [4.69, 9.17) is 14.2 Å². The first-order valence-electron chi connectivity index (χ1n) is 9.68. The van der Waals surface area contributed by atoms with E-state index >= 15 is 0 Å². The van der Waals surface area contributed by atoms with Gasteiger partial charge in [-0.05, 0) is 76.9 Å². The molecule has 6 nitrogen and oxygen atoms in total. The van der Waals surface area contributed by atoms with Crippen LogP contribution in [0.4, 0.5) is 0 Å². The molecule has 0 radical (unpaired) electrons. The van der Waals surface area contributed by atoms with Gasteiger partial charge < -0.3 is 19.5 Å². The summed E-state index contributed by atoms with van der Waals surface area (Å²) in [6.07, 6.45) is 1.06. The Bertz CT molecular complexity index is 669. The second-order valence-electron chi connectivity index (χ2n) is 8.20. The molecule has 0 bridgehead atoms. The average Bonchev–Trinajstić information content (AvgIpc) is 2.60. The van der Waals surface area contributed by atoms with Crippen molar-refractivity contribution < 1.29 is 23.8 Å². The number of benzene rings is 1. The molecular formula is C22H35NO5. The number of hydrogen-bond donors (Lipinski definition) is 1. The van der Waals surface area contributed by atoms with Gasteiger partial charge in [-0.25, -0.2) is 0 Å². The van der Waals surface area contributed by atoms with Gasteiger partial charge in [0.15, 0.2) is 0 Å². The van der Waals surface area contributed by atoms with E-state index in [1.165, 1.54) is 6.92 Å². The molecule has 0 fully saturated rings. The van der Waals surface area contributed by atoms with E-state index in [0.717, 1.165) is 23.1 Å². The Hall–Kier alpha value is -1.92. The Kier molecular flexibility index (Phi) is 8.64. The zero-order valence-electron chi connectivity index (χ0n) is 18.5. The first-order valence-corrected chi connectivity index (χ1v) is 9.68. The van der Waals surface area contributed by atoms with Crippen LogP contribution in [0.15, 0.2) is 12.1 Å². The molecule has 1 aromatic carbocycles. The summed E-state index contributed by atoms with van der Waals surface area (Å²) in [5, 5.41) is 3.26. The van der Waals surface area contributed by atoms with Crippen molar-refractivity contribution >= 4 is 11.9 Å². The Morgan fingerprint density at radius 3 is 2.14 bits per heavy atom. The zero-order valence-corrected chi connectivity index (χ0v) is 18.5. The van der Waals surface area contributed by atoms with Crippen LogP contribution in [0.25, 0.3) is 0 Å². The van der Waals surface area contributed by atoms with Gasteiger partial charge in [-0.2, -0.15) is 0 Å². The van der Waals surface area contributed by atoms with Gasteiger partial charge in [-0.15, -0.1) is 0 Å². The second-order valence-corrected chi connectivity index (χ2v) is 8.20. The lowest BCUT2D eigenvalue weighted by atomic mass is 9.99. The fraction of sp³-hybridized carbons (Fsp3) is 0.636. The van der Waals surface area contributed by atoms with Crippen molar-refractivity contribution in [3.63, 3.8) is 0 Å². The number of likely N-dealkylation sites (N-methyl/N-ethyl adjacent to an activating group) is 1. The third-order valence-electron chi connectivity index (χ3n) is 4.91. The van der Waals surface area contributed by atoms with Crippen molar-refractivity contribution in [3.05, 3.63) is 28.8 Å². The monoisotopic (exact) mass is 393 g/mol. The fourth-order valence-corrected chi connectivity index (χ4v) is 2.72. The SMILES string of the molecule is CCC(C)(COC(C)(C)CC(=O)Oc1c(C)cc(COC(C)=O)cc1C)NC. The molecule has 0 aromatic heterocycles. The molecular weight excluding hydrogens is 358 g/mol. The molecule has 0 aliphatic carbocycles. The largest absolute Gasteiger partial charge is 0.461 e. The van der Waals surface area contributed by atoms with Crippen LogP contribution in [0.1, 0.15) is 64.2 Å². The summed E-state index contributed by atoms with van der Waals surface area (Å²) in [7, 11) is 1.91. The molecule has 1 N–H and O–H groups in total. The van der Waals surface area contributed by atoms with Crippen molar-refractivity contribution in [2.75, 3.05) is 13.7 Å². The van der Waals surface area contributed by atoms with E-state index < -0.39 is 5.60 Å². The van der Waals surface area contributed by atoms with E-state index in [9.17, 15) is 9.59 Å². The molecule has 0 aliphatic rings. The highest BCUT2D eigenvalue weighted by Crippen LogP contribution is 2.27. The summed E-state index contributed by atoms with van der Waals surface area (Å²) in [5.41, 5.74) is 1.73. The highest BCUT2D eigenvalue weighted by molar-refractivity contribution is 5.74. The molecule has 158 valence electrons. The van der Waals surface area contributed by atoms with Crippen molar-refractivity contribution in [1.29, 1.82) is 0 Å². The Morgan fingerprint density at radius 2 is 1.68 bits per heavy atom. The molecule has 1 aromatic rings. The maximum Gasteiger partial charge on any atom is 0.314 e. The van der Waals surface area contributed by atoms with Gasteiger partial charge in [0.05, 0.1) is 18.6 Å². The van der Waals surface area contributed by atoms with E-state index in [0.29, 0.717) is 12.4 Å². The van der Waals surface area contributed by atoms with Crippen LogP contribution < -0.4 is 10.1 Å². The predicted molar refractivity (Wildman–Crippen MR) is 109 cm³/mol. The average molecular weight is 394 g/mol. The van der Waals surface area contributed by atoms with Crippen LogP contribution >= 0.6 is 0 Å². The van der Waals surface area contributed by atoms with Gasteiger partial charge in [0.1, 0.15) is 12.4 Å². The molecule has 0 saturated carbocycles. The van der Waals surface area contributed by atoms with Crippen molar-refractivity contribution in [1.82, 2.24) is 5.32 Å². The molecule has 1 rings (SSSR count). The first-order chi connectivity index (χ1) is 12.9. The smallest absolute Gasteiger partial charge is 0.314 e. The number of ether oxygens (including phenoxy) is 3. The molecule has 28 heavy (non-hydrogen) atoms. The standard InChI is InChI=1S/C22H35NO5/c1-9-22(7,23-8)14-27-21(5,6)12-19(25)28-20-15(2)10-18(11-16(20)3)13-26-17(4)24/h10-11,23H,9,12-14H2,1-8H3. The summed E-state index contributed by atoms with van der Waals surface area (Å²) < 4.78 is 16.7. The maximum absolute atomic E-state index is 12.5. The number of carbonyl (C=O) groups is 2. The minimum Gasteiger partial charge on any atom is -0.461 e. The number of aryl methyl sites for hydroxylation is 2. The molecule has 0 heterocycles. The number of rotatable bonds is 10. The number of hydrogen-bond acceptors (Lipinski definition) is 6. The van der Waals surface area contributed by atoms with E-state index in [2.05, 4.69) is 19.2 Å². The Morgan fingerprint density at radius 1 is 1.11 bits per heavy atom. The Balaban J connectivity index is 2.75. The minimum atomic E-state index is -0.637. The van der Waals surface area contributed by atoms with E-state index in [1.54, 1.807) is 0 Å². The topological polar surface area (TPSA) is 73.9 Å². The van der Waals surface area contributed by atoms with Crippen molar-refractivity contribution in [2.45, 2.75) is 79.1 Å². The fourth-order valence-electron chi connectivity index (χ4n) is 2.72. The van der Waals surface area contributed by atoms with Crippen LogP contribution in [-0.2, 0) is 25.7 Å². The summed E-state index contributed by atoms with van der Waals surface area (Å²) >= 11 is 0. The number of esters is 2. The van der Waals surface area contributed by atoms with E-state index in [-0.39, 0.29) is 30.5 Å². The molecule has 0 spiro atoms. The van der Waals surface area contributed by atoms with Crippen LogP contribution in [0.2, 0.25) is 0 Å². The van der Waals surface area contributed by atoms with Crippen LogP contribution in [0.5, 0.6) is 5.75 Å². The lowest BCUT2D eigenvalue weighted by molar-refractivity contribution is -0.143. The summed E-state index contributed by atoms with van der Waals surface area (Å²) in [5.74, 6) is -0.127. The van der Waals surface area contributed by atoms with Crippen molar-refractivity contribution in [2.24, 2.45) is 0 Å². The second kappa shape index (κ2) is 10.0. The van der Waals surface area contributed by atoms with Crippen LogP contribution in [0.3, 0.4) is 0 Å². The first kappa shape index (κ1) is 24.1. The lowest BCUT2D eigenvalue weighted by Crippen LogP contribution is -2.46. The highest BCUT2D eigenvalue weighted by atomic mass is 16.5. The highest BCUT2D eigenvalue weighted by Gasteiger charge is 2.29. The molecule has 0 saturated heterocycles. The quantitative estimate of drug-likeness (QED) is 0.481. The van der Waals surface area contributed by atoms with Crippen LogP contribution in [-0.4, -0.2) is 36.7 Å². The molecule has 1 unspecified atom stereocenters. The molecule has 6 heteroatoms. The van der Waals surface area contributed by atoms with Crippen LogP contribution in [0, 0.1) is 13.8 Å². The maximum atomic E-state index is 12.5. The number of carbonyl (C=O) groups excluding carboxylic acids is 2. The van der Waals surface area contributed by atoms with Gasteiger partial charge in [0.2, 0.25) is 0 Å². The third kappa shape index (κ3) is 7.60. The van der Waals surface area contributed by atoms with Crippen molar-refractivity contribution in [3.8, 4) is 5.75 Å². The predicted octanol–water partition coefficient (Wildman–Crippen LogP) is 3.85. The molecule has 1 atom stereocenters. The lowest BCUT2D eigenvalue weighted by Gasteiger charge is -2.33. The van der Waals surface area contributed by atoms with Gasteiger partial charge in [0.25, 0.3) is 0 Å². The third-order valence-corrected chi connectivity index (χ3v) is 4.91. The van der Waals surface area contributed by atoms with Gasteiger partial charge in [-0.1, -0.05) is 6.92 Å². The van der Waals surface area contributed by atoms with Gasteiger partial charge in [0, 0.05) is 12.5 Å². The van der Waals surface area contributed by atoms with E-state index in [1.807, 2.05) is 46.9 Å². The summed E-state index contributed by atoms with van der Waals surface area (Å²) in [4.78, 5) is 23.5. The normalized spacial score (nSPS) is 13.7. The minimum absolute atomic E-state index is 0.133. The number of nitrogens with one attached hydrogen (secondary N) is 1. The Labute approximate surface area is 168 Å².